The lowest BCUT2D eigenvalue weighted by Gasteiger charge is -2.50. The number of carboxylic acids is 1. The maximum atomic E-state index is 13.3. The molecule has 46 heavy (non-hydrogen) atoms. The molecule has 246 valence electrons. The predicted octanol–water partition coefficient (Wildman–Crippen LogP) is 1.74. The molecule has 2 atom stereocenters. The average Bonchev–Trinajstić information content (AvgIpc) is 3.40. The summed E-state index contributed by atoms with van der Waals surface area (Å²) in [4.78, 5) is 51.9. The summed E-state index contributed by atoms with van der Waals surface area (Å²) in [7, 11) is -4.99. The number of aromatic nitrogens is 2. The number of nitrogen functional groups attached to an aromatic ring is 1. The van der Waals surface area contributed by atoms with Crippen molar-refractivity contribution in [3.63, 3.8) is 0 Å². The zero-order chi connectivity index (χ0) is 33.4. The Morgan fingerprint density at radius 1 is 1.22 bits per heavy atom. The fraction of sp³-hybridized carbons (Fsp3) is 0.429. The Morgan fingerprint density at radius 3 is 2.57 bits per heavy atom. The minimum absolute atomic E-state index is 0.0188. The highest BCUT2D eigenvalue weighted by atomic mass is 32.3. The first-order valence-corrected chi connectivity index (χ1v) is 16.4. The molecule has 1 saturated heterocycles. The van der Waals surface area contributed by atoms with E-state index < -0.39 is 64.4 Å². The minimum Gasteiger partial charge on any atom is -0.489 e. The molecule has 3 aromatic rings. The molecular formula is C28H32N6O10S2. The molecule has 6 N–H and O–H groups in total. The van der Waals surface area contributed by atoms with E-state index in [1.165, 1.54) is 19.2 Å². The molecule has 1 aliphatic heterocycles. The van der Waals surface area contributed by atoms with E-state index in [4.69, 9.17) is 30.6 Å². The van der Waals surface area contributed by atoms with E-state index in [1.807, 2.05) is 12.1 Å². The van der Waals surface area contributed by atoms with Crippen LogP contribution in [-0.2, 0) is 40.3 Å². The van der Waals surface area contributed by atoms with Crippen molar-refractivity contribution >= 4 is 61.1 Å². The van der Waals surface area contributed by atoms with Gasteiger partial charge in [0.2, 0.25) is 0 Å². The summed E-state index contributed by atoms with van der Waals surface area (Å²) in [5.74, 6) is -3.25. The van der Waals surface area contributed by atoms with Crippen molar-refractivity contribution in [1.29, 1.82) is 0 Å². The number of Topliss-reactive ketones (excluding diaryl/α,β-unsaturated/α-hetero) is 1. The Kier molecular flexibility index (Phi) is 9.28. The third-order valence-corrected chi connectivity index (χ3v) is 8.91. The first-order valence-electron chi connectivity index (χ1n) is 14.1. The lowest BCUT2D eigenvalue weighted by atomic mass is 9.74. The van der Waals surface area contributed by atoms with Crippen molar-refractivity contribution in [3.05, 3.63) is 47.1 Å². The number of fused-ring (bicyclic) bond motifs is 1. The van der Waals surface area contributed by atoms with Gasteiger partial charge in [-0.3, -0.25) is 19.1 Å². The van der Waals surface area contributed by atoms with Crippen LogP contribution in [-0.4, -0.2) is 80.8 Å². The molecule has 2 fully saturated rings. The number of thiazole rings is 1. The van der Waals surface area contributed by atoms with Crippen molar-refractivity contribution in [2.45, 2.75) is 57.2 Å². The van der Waals surface area contributed by atoms with Gasteiger partial charge in [-0.25, -0.2) is 9.78 Å². The van der Waals surface area contributed by atoms with Gasteiger partial charge in [-0.1, -0.05) is 11.2 Å². The first kappa shape index (κ1) is 33.1. The highest BCUT2D eigenvalue weighted by Crippen LogP contribution is 2.40. The van der Waals surface area contributed by atoms with Crippen LogP contribution in [0.25, 0.3) is 10.9 Å². The van der Waals surface area contributed by atoms with Crippen LogP contribution in [0.5, 0.6) is 5.75 Å². The van der Waals surface area contributed by atoms with Gasteiger partial charge in [0.05, 0.1) is 17.0 Å². The number of amides is 1. The van der Waals surface area contributed by atoms with Gasteiger partial charge in [0.15, 0.2) is 16.6 Å². The number of nitrogens with zero attached hydrogens (tertiary/aromatic N) is 4. The first-order chi connectivity index (χ1) is 21.6. The number of hydrogen-bond donors (Lipinski definition) is 4. The number of carboxylic acid groups (broad SMARTS) is 1. The Hall–Kier alpha value is -4.23. The minimum atomic E-state index is -4.99. The maximum Gasteiger partial charge on any atom is 0.418 e. The van der Waals surface area contributed by atoms with Gasteiger partial charge < -0.3 is 26.1 Å². The molecule has 5 rings (SSSR count). The van der Waals surface area contributed by atoms with E-state index in [2.05, 4.69) is 14.4 Å². The maximum absolute atomic E-state index is 13.3. The second kappa shape index (κ2) is 12.9. The summed E-state index contributed by atoms with van der Waals surface area (Å²) >= 11 is 0.990. The normalized spacial score (nSPS) is 21.7. The largest absolute Gasteiger partial charge is 0.489 e. The predicted molar refractivity (Wildman–Crippen MR) is 164 cm³/mol. The Bertz CT molecular complexity index is 1800. The van der Waals surface area contributed by atoms with Crippen molar-refractivity contribution in [2.24, 2.45) is 22.7 Å². The third kappa shape index (κ3) is 7.42. The van der Waals surface area contributed by atoms with Crippen molar-refractivity contribution in [3.8, 4) is 5.75 Å². The van der Waals surface area contributed by atoms with Crippen LogP contribution >= 0.6 is 11.3 Å². The van der Waals surface area contributed by atoms with Crippen LogP contribution in [0.15, 0.2) is 40.9 Å². The van der Waals surface area contributed by atoms with Gasteiger partial charge in [0.25, 0.3) is 12.0 Å². The molecule has 16 nitrogen and oxygen atoms in total. The van der Waals surface area contributed by atoms with Gasteiger partial charge in [0.1, 0.15) is 18.1 Å². The van der Waals surface area contributed by atoms with Crippen molar-refractivity contribution in [1.82, 2.24) is 15.0 Å². The SMILES string of the molecule is CC1(C)C(CC(=O)/C(=N\OC(COc2ccc3nc(CC4CC(N)C4)ccc3c2)C(=O)O)c2csc(N)n2)C(=O)N1OS(=O)(=O)O. The van der Waals surface area contributed by atoms with Crippen molar-refractivity contribution < 1.29 is 46.3 Å². The number of β-lactam (4-membered cyclic amide) rings is 1. The molecule has 2 unspecified atom stereocenters. The quantitative estimate of drug-likeness (QED) is 0.0822. The van der Waals surface area contributed by atoms with E-state index in [1.54, 1.807) is 18.2 Å². The molecule has 2 aromatic heterocycles. The monoisotopic (exact) mass is 676 g/mol. The van der Waals surface area contributed by atoms with Crippen LogP contribution in [0.2, 0.25) is 0 Å². The number of pyridine rings is 1. The number of hydrogen-bond acceptors (Lipinski definition) is 14. The smallest absolute Gasteiger partial charge is 0.418 e. The molecular weight excluding hydrogens is 644 g/mol. The van der Waals surface area contributed by atoms with Gasteiger partial charge in [0, 0.05) is 28.9 Å². The fourth-order valence-corrected chi connectivity index (χ4v) is 6.32. The van der Waals surface area contributed by atoms with Crippen LogP contribution in [0.1, 0.15) is 44.5 Å². The lowest BCUT2D eigenvalue weighted by molar-refractivity contribution is -0.228. The van der Waals surface area contributed by atoms with Gasteiger partial charge >= 0.3 is 16.4 Å². The number of oxime groups is 1. The summed E-state index contributed by atoms with van der Waals surface area (Å²) in [5.41, 5.74) is 11.6. The lowest BCUT2D eigenvalue weighted by Crippen LogP contribution is -2.68. The Morgan fingerprint density at radius 2 is 1.96 bits per heavy atom. The molecule has 3 heterocycles. The molecule has 0 radical (unpaired) electrons. The van der Waals surface area contributed by atoms with Gasteiger partial charge in [-0.15, -0.1) is 15.6 Å². The van der Waals surface area contributed by atoms with Crippen LogP contribution in [0.3, 0.4) is 0 Å². The number of rotatable bonds is 14. The summed E-state index contributed by atoms with van der Waals surface area (Å²) in [6.07, 6.45) is 0.690. The van der Waals surface area contributed by atoms with Gasteiger partial charge in [-0.2, -0.15) is 13.5 Å². The molecule has 0 spiro atoms. The summed E-state index contributed by atoms with van der Waals surface area (Å²) < 4.78 is 41.2. The third-order valence-electron chi connectivity index (χ3n) is 7.90. The van der Waals surface area contributed by atoms with E-state index in [9.17, 15) is 27.9 Å². The number of aliphatic carboxylic acids is 1. The highest BCUT2D eigenvalue weighted by Gasteiger charge is 2.57. The highest BCUT2D eigenvalue weighted by molar-refractivity contribution is 7.80. The number of hydroxylamine groups is 2. The molecule has 18 heteroatoms. The Labute approximate surface area is 267 Å². The number of ether oxygens (including phenoxy) is 1. The summed E-state index contributed by atoms with van der Waals surface area (Å²) in [6, 6.07) is 9.26. The van der Waals surface area contributed by atoms with E-state index in [0.29, 0.717) is 16.7 Å². The molecule has 1 amide bonds. The number of anilines is 1. The van der Waals surface area contributed by atoms with Crippen LogP contribution in [0, 0.1) is 11.8 Å². The van der Waals surface area contributed by atoms with E-state index in [0.717, 1.165) is 47.2 Å². The Balaban J connectivity index is 1.26. The topological polar surface area (TPSA) is 247 Å². The summed E-state index contributed by atoms with van der Waals surface area (Å²) in [6.45, 7) is 2.38. The zero-order valence-corrected chi connectivity index (χ0v) is 26.4. The van der Waals surface area contributed by atoms with Crippen molar-refractivity contribution in [2.75, 3.05) is 12.3 Å². The summed E-state index contributed by atoms with van der Waals surface area (Å²) in [5, 5.41) is 16.3. The number of carbonyl (C=O) groups is 3. The second-order valence-corrected chi connectivity index (χ2v) is 13.6. The zero-order valence-electron chi connectivity index (χ0n) is 24.7. The molecule has 1 aromatic carbocycles. The van der Waals surface area contributed by atoms with E-state index >= 15 is 0 Å². The molecule has 0 bridgehead atoms. The molecule has 1 saturated carbocycles. The standard InChI is InChI=1S/C28H32N6O10S2/c1-28(2)19(25(36)34(28)44-46(39,40)41)11-22(35)24(21-13-45-27(30)32-21)33-43-23(26(37)38)12-42-18-5-6-20-15(10-18)3-4-17(31-20)9-14-7-16(29)8-14/h3-6,10,13-14,16,19,23H,7-9,11-12,29H2,1-2H3,(H2,30,32)(H,37,38)(H,39,40,41)/b33-24-. The molecule has 1 aliphatic carbocycles. The fourth-order valence-electron chi connectivity index (χ4n) is 5.32. The molecule has 2 aliphatic rings. The van der Waals surface area contributed by atoms with Gasteiger partial charge in [-0.05, 0) is 63.3 Å². The van der Waals surface area contributed by atoms with E-state index in [-0.39, 0.29) is 16.9 Å². The van der Waals surface area contributed by atoms with Crippen LogP contribution < -0.4 is 16.2 Å². The number of nitrogens with two attached hydrogens (primary N) is 2. The second-order valence-electron chi connectivity index (χ2n) is 11.7. The average molecular weight is 677 g/mol. The van der Waals surface area contributed by atoms with Crippen LogP contribution in [0.4, 0.5) is 5.13 Å². The number of carbonyl (C=O) groups excluding carboxylic acids is 2. The number of benzene rings is 1. The number of ketones is 1.